The molecule has 8 heteroatoms. The van der Waals surface area contributed by atoms with Crippen molar-refractivity contribution in [3.8, 4) is 5.75 Å². The van der Waals surface area contributed by atoms with Gasteiger partial charge in [0.15, 0.2) is 0 Å². The number of carboxylic acids is 1. The van der Waals surface area contributed by atoms with Gasteiger partial charge in [0.05, 0.1) is 6.04 Å². The van der Waals surface area contributed by atoms with Crippen LogP contribution in [0.25, 0.3) is 0 Å². The Kier molecular flexibility index (Phi) is 13.8. The summed E-state index contributed by atoms with van der Waals surface area (Å²) in [5.74, 6) is -1.46. The first-order valence-electron chi connectivity index (χ1n) is 9.33. The Morgan fingerprint density at radius 3 is 2.15 bits per heavy atom. The molecule has 0 aliphatic carbocycles. The Labute approximate surface area is 161 Å². The van der Waals surface area contributed by atoms with E-state index in [1.165, 1.54) is 12.1 Å². The minimum Gasteiger partial charge on any atom is -0.508 e. The van der Waals surface area contributed by atoms with Gasteiger partial charge in [-0.2, -0.15) is 0 Å². The normalized spacial score (nSPS) is 12.4. The Morgan fingerprint density at radius 1 is 1.11 bits per heavy atom. The summed E-state index contributed by atoms with van der Waals surface area (Å²) in [6.07, 6.45) is 1.92. The summed E-state index contributed by atoms with van der Waals surface area (Å²) in [6, 6.07) is 4.54. The summed E-state index contributed by atoms with van der Waals surface area (Å²) in [5.41, 5.74) is 12.0. The zero-order valence-corrected chi connectivity index (χ0v) is 16.3. The van der Waals surface area contributed by atoms with E-state index in [0.29, 0.717) is 25.8 Å². The SMILES string of the molecule is CCNCC.NCCCC[C@H](NC(=O)[C@@H](N)Cc1ccc(O)cc1)C(=O)O. The average molecular weight is 383 g/mol. The van der Waals surface area contributed by atoms with Crippen molar-refractivity contribution in [3.05, 3.63) is 29.8 Å². The minimum atomic E-state index is -1.08. The molecule has 1 aromatic rings. The lowest BCUT2D eigenvalue weighted by atomic mass is 10.0. The fourth-order valence-corrected chi connectivity index (χ4v) is 2.26. The lowest BCUT2D eigenvalue weighted by Crippen LogP contribution is -2.49. The molecule has 0 saturated heterocycles. The van der Waals surface area contributed by atoms with E-state index in [0.717, 1.165) is 18.7 Å². The van der Waals surface area contributed by atoms with Crippen LogP contribution >= 0.6 is 0 Å². The number of amides is 1. The minimum absolute atomic E-state index is 0.132. The van der Waals surface area contributed by atoms with Crippen LogP contribution in [-0.4, -0.2) is 53.8 Å². The highest BCUT2D eigenvalue weighted by atomic mass is 16.4. The number of hydrogen-bond acceptors (Lipinski definition) is 6. The molecule has 2 atom stereocenters. The number of aromatic hydroxyl groups is 1. The summed E-state index contributed by atoms with van der Waals surface area (Å²) in [5, 5.41) is 23.9. The molecule has 0 radical (unpaired) electrons. The van der Waals surface area contributed by atoms with E-state index < -0.39 is 24.0 Å². The molecule has 154 valence electrons. The van der Waals surface area contributed by atoms with Crippen molar-refractivity contribution in [2.24, 2.45) is 11.5 Å². The van der Waals surface area contributed by atoms with Gasteiger partial charge in [0.1, 0.15) is 11.8 Å². The van der Waals surface area contributed by atoms with Crippen LogP contribution in [-0.2, 0) is 16.0 Å². The predicted molar refractivity (Wildman–Crippen MR) is 106 cm³/mol. The number of phenols is 1. The second-order valence-electron chi connectivity index (χ2n) is 6.12. The average Bonchev–Trinajstić information content (AvgIpc) is 2.63. The quantitative estimate of drug-likeness (QED) is 0.306. The number of aliphatic carboxylic acids is 1. The number of carboxylic acid groups (broad SMARTS) is 1. The maximum absolute atomic E-state index is 12.0. The van der Waals surface area contributed by atoms with E-state index in [1.807, 2.05) is 0 Å². The fourth-order valence-electron chi connectivity index (χ4n) is 2.26. The Balaban J connectivity index is 0.00000119. The standard InChI is InChI=1S/C15H23N3O4.C4H11N/c16-8-2-1-3-13(15(21)22)18-14(20)12(17)9-10-4-6-11(19)7-5-10;1-3-5-4-2/h4-7,12-13,19H,1-3,8-9,16-17H2,(H,18,20)(H,21,22);5H,3-4H2,1-2H3/t12-,13-;/m0./s1. The second kappa shape index (κ2) is 15.0. The number of hydrogen-bond donors (Lipinski definition) is 6. The van der Waals surface area contributed by atoms with E-state index in [9.17, 15) is 14.7 Å². The van der Waals surface area contributed by atoms with E-state index in [2.05, 4.69) is 24.5 Å². The van der Waals surface area contributed by atoms with Crippen LogP contribution in [0.1, 0.15) is 38.7 Å². The first-order chi connectivity index (χ1) is 12.8. The second-order valence-corrected chi connectivity index (χ2v) is 6.12. The van der Waals surface area contributed by atoms with Crippen LogP contribution in [0.4, 0.5) is 0 Å². The van der Waals surface area contributed by atoms with Gasteiger partial charge in [-0.3, -0.25) is 4.79 Å². The molecule has 0 aliphatic rings. The summed E-state index contributed by atoms with van der Waals surface area (Å²) in [4.78, 5) is 23.1. The highest BCUT2D eigenvalue weighted by molar-refractivity contribution is 5.86. The molecular formula is C19H34N4O4. The molecule has 1 amide bonds. The summed E-state index contributed by atoms with van der Waals surface area (Å²) in [7, 11) is 0. The smallest absolute Gasteiger partial charge is 0.326 e. The molecule has 0 unspecified atom stereocenters. The molecule has 8 N–H and O–H groups in total. The molecule has 0 heterocycles. The molecule has 0 saturated carbocycles. The van der Waals surface area contributed by atoms with Crippen LogP contribution in [0.5, 0.6) is 5.75 Å². The van der Waals surface area contributed by atoms with Crippen LogP contribution < -0.4 is 22.1 Å². The van der Waals surface area contributed by atoms with Gasteiger partial charge in [0.2, 0.25) is 5.91 Å². The van der Waals surface area contributed by atoms with Crippen molar-refractivity contribution in [3.63, 3.8) is 0 Å². The molecule has 1 rings (SSSR count). The largest absolute Gasteiger partial charge is 0.508 e. The van der Waals surface area contributed by atoms with Crippen molar-refractivity contribution in [2.75, 3.05) is 19.6 Å². The van der Waals surface area contributed by atoms with Crippen LogP contribution in [0.15, 0.2) is 24.3 Å². The van der Waals surface area contributed by atoms with Gasteiger partial charge in [0.25, 0.3) is 0 Å². The molecule has 0 aromatic heterocycles. The maximum Gasteiger partial charge on any atom is 0.326 e. The van der Waals surface area contributed by atoms with Gasteiger partial charge in [-0.1, -0.05) is 26.0 Å². The summed E-state index contributed by atoms with van der Waals surface area (Å²) < 4.78 is 0. The van der Waals surface area contributed by atoms with Crippen LogP contribution in [0.2, 0.25) is 0 Å². The van der Waals surface area contributed by atoms with E-state index in [4.69, 9.17) is 16.6 Å². The van der Waals surface area contributed by atoms with Gasteiger partial charge >= 0.3 is 5.97 Å². The number of carbonyl (C=O) groups is 2. The van der Waals surface area contributed by atoms with Crippen LogP contribution in [0.3, 0.4) is 0 Å². The number of phenolic OH excluding ortho intramolecular Hbond substituents is 1. The third kappa shape index (κ3) is 12.0. The molecule has 27 heavy (non-hydrogen) atoms. The molecule has 0 bridgehead atoms. The Bertz CT molecular complexity index is 535. The number of nitrogens with two attached hydrogens (primary N) is 2. The topological polar surface area (TPSA) is 151 Å². The lowest BCUT2D eigenvalue weighted by Gasteiger charge is -2.18. The number of nitrogens with one attached hydrogen (secondary N) is 2. The zero-order chi connectivity index (χ0) is 20.7. The number of rotatable bonds is 11. The van der Waals surface area contributed by atoms with Gasteiger partial charge in [-0.15, -0.1) is 0 Å². The third-order valence-corrected chi connectivity index (χ3v) is 3.79. The molecular weight excluding hydrogens is 348 g/mol. The highest BCUT2D eigenvalue weighted by Crippen LogP contribution is 2.11. The predicted octanol–water partition coefficient (Wildman–Crippen LogP) is 0.576. The van der Waals surface area contributed by atoms with Crippen molar-refractivity contribution in [1.82, 2.24) is 10.6 Å². The fraction of sp³-hybridized carbons (Fsp3) is 0.579. The van der Waals surface area contributed by atoms with Crippen LogP contribution in [0, 0.1) is 0 Å². The number of benzene rings is 1. The van der Waals surface area contributed by atoms with Gasteiger partial charge < -0.3 is 32.3 Å². The Hall–Kier alpha value is -2.16. The maximum atomic E-state index is 12.0. The number of unbranched alkanes of at least 4 members (excludes halogenated alkanes) is 1. The van der Waals surface area contributed by atoms with Gasteiger partial charge in [0, 0.05) is 0 Å². The molecule has 0 spiro atoms. The monoisotopic (exact) mass is 382 g/mol. The highest BCUT2D eigenvalue weighted by Gasteiger charge is 2.22. The lowest BCUT2D eigenvalue weighted by molar-refractivity contribution is -0.142. The van der Waals surface area contributed by atoms with Crippen molar-refractivity contribution in [2.45, 2.75) is 51.6 Å². The van der Waals surface area contributed by atoms with Crippen molar-refractivity contribution < 1.29 is 19.8 Å². The first-order valence-corrected chi connectivity index (χ1v) is 9.33. The summed E-state index contributed by atoms with van der Waals surface area (Å²) >= 11 is 0. The first kappa shape index (κ1) is 24.8. The van der Waals surface area contributed by atoms with Crippen molar-refractivity contribution in [1.29, 1.82) is 0 Å². The molecule has 1 aromatic carbocycles. The van der Waals surface area contributed by atoms with Gasteiger partial charge in [-0.05, 0) is 63.0 Å². The van der Waals surface area contributed by atoms with Crippen molar-refractivity contribution >= 4 is 11.9 Å². The number of carbonyl (C=O) groups excluding carboxylic acids is 1. The summed E-state index contributed by atoms with van der Waals surface area (Å²) in [6.45, 7) is 6.88. The molecule has 0 fully saturated rings. The van der Waals surface area contributed by atoms with Gasteiger partial charge in [-0.25, -0.2) is 4.79 Å². The van der Waals surface area contributed by atoms with E-state index in [1.54, 1.807) is 12.1 Å². The Morgan fingerprint density at radius 2 is 1.70 bits per heavy atom. The molecule has 8 nitrogen and oxygen atoms in total. The third-order valence-electron chi connectivity index (χ3n) is 3.79. The van der Waals surface area contributed by atoms with E-state index in [-0.39, 0.29) is 12.2 Å². The molecule has 0 aliphatic heterocycles. The van der Waals surface area contributed by atoms with E-state index >= 15 is 0 Å². The zero-order valence-electron chi connectivity index (χ0n) is 16.3.